The lowest BCUT2D eigenvalue weighted by atomic mass is 10.0. The molecule has 0 spiro atoms. The van der Waals surface area contributed by atoms with E-state index in [0.29, 0.717) is 5.92 Å². The van der Waals surface area contributed by atoms with Gasteiger partial charge in [0.15, 0.2) is 0 Å². The Hall–Kier alpha value is -1.51. The van der Waals surface area contributed by atoms with Gasteiger partial charge in [0.25, 0.3) is 0 Å². The van der Waals surface area contributed by atoms with E-state index in [2.05, 4.69) is 38.3 Å². The third kappa shape index (κ3) is 5.64. The standard InChI is InChI=1S/C17H28N2O/c1-5-14(6-2)17(20)19-16-9-7-15(8-10-16)18-12-11-13(3)4/h7-10,13-14,18H,5-6,11-12H2,1-4H3,(H,19,20). The predicted molar refractivity (Wildman–Crippen MR) is 87.1 cm³/mol. The molecule has 0 bridgehead atoms. The maximum atomic E-state index is 12.0. The molecule has 0 atom stereocenters. The Morgan fingerprint density at radius 3 is 2.10 bits per heavy atom. The van der Waals surface area contributed by atoms with E-state index < -0.39 is 0 Å². The second kappa shape index (κ2) is 8.62. The molecule has 0 aromatic heterocycles. The van der Waals surface area contributed by atoms with Crippen molar-refractivity contribution in [3.63, 3.8) is 0 Å². The zero-order valence-electron chi connectivity index (χ0n) is 13.2. The molecule has 0 aliphatic carbocycles. The number of amides is 1. The second-order valence-electron chi connectivity index (χ2n) is 5.69. The Labute approximate surface area is 123 Å². The van der Waals surface area contributed by atoms with Crippen molar-refractivity contribution in [2.24, 2.45) is 11.8 Å². The summed E-state index contributed by atoms with van der Waals surface area (Å²) in [5.41, 5.74) is 1.97. The molecule has 2 N–H and O–H groups in total. The molecule has 0 saturated carbocycles. The zero-order chi connectivity index (χ0) is 15.0. The van der Waals surface area contributed by atoms with Crippen LogP contribution in [0, 0.1) is 11.8 Å². The molecule has 1 amide bonds. The van der Waals surface area contributed by atoms with Gasteiger partial charge in [-0.1, -0.05) is 27.7 Å². The molecular formula is C17H28N2O. The first-order valence-electron chi connectivity index (χ1n) is 7.71. The first-order valence-corrected chi connectivity index (χ1v) is 7.71. The maximum absolute atomic E-state index is 12.0. The van der Waals surface area contributed by atoms with E-state index in [1.165, 1.54) is 0 Å². The fourth-order valence-corrected chi connectivity index (χ4v) is 2.08. The highest BCUT2D eigenvalue weighted by Crippen LogP contribution is 2.16. The molecule has 0 heterocycles. The molecule has 0 aliphatic heterocycles. The zero-order valence-corrected chi connectivity index (χ0v) is 13.2. The summed E-state index contributed by atoms with van der Waals surface area (Å²) in [6, 6.07) is 7.95. The lowest BCUT2D eigenvalue weighted by molar-refractivity contribution is -0.120. The molecule has 0 fully saturated rings. The minimum absolute atomic E-state index is 0.110. The SMILES string of the molecule is CCC(CC)C(=O)Nc1ccc(NCCC(C)C)cc1. The minimum atomic E-state index is 0.110. The molecule has 1 aromatic rings. The third-order valence-corrected chi connectivity index (χ3v) is 3.56. The van der Waals surface area contributed by atoms with Gasteiger partial charge < -0.3 is 10.6 Å². The largest absolute Gasteiger partial charge is 0.385 e. The monoisotopic (exact) mass is 276 g/mol. The Morgan fingerprint density at radius 2 is 1.60 bits per heavy atom. The quantitative estimate of drug-likeness (QED) is 0.733. The first kappa shape index (κ1) is 16.5. The summed E-state index contributed by atoms with van der Waals surface area (Å²) in [6.07, 6.45) is 2.93. The van der Waals surface area contributed by atoms with Gasteiger partial charge in [0.1, 0.15) is 0 Å². The summed E-state index contributed by atoms with van der Waals surface area (Å²) in [4.78, 5) is 12.0. The maximum Gasteiger partial charge on any atom is 0.227 e. The Kier molecular flexibility index (Phi) is 7.13. The van der Waals surface area contributed by atoms with Crippen LogP contribution in [0.4, 0.5) is 11.4 Å². The normalized spacial score (nSPS) is 10.9. The number of nitrogens with one attached hydrogen (secondary N) is 2. The summed E-state index contributed by atoms with van der Waals surface area (Å²) >= 11 is 0. The predicted octanol–water partition coefficient (Wildman–Crippen LogP) is 4.52. The van der Waals surface area contributed by atoms with Crippen molar-refractivity contribution in [1.29, 1.82) is 0 Å². The summed E-state index contributed by atoms with van der Waals surface area (Å²) < 4.78 is 0. The molecule has 112 valence electrons. The van der Waals surface area contributed by atoms with Crippen LogP contribution < -0.4 is 10.6 Å². The Bertz CT molecular complexity index is 394. The van der Waals surface area contributed by atoms with Gasteiger partial charge in [0.2, 0.25) is 5.91 Å². The van der Waals surface area contributed by atoms with Crippen molar-refractivity contribution in [3.8, 4) is 0 Å². The van der Waals surface area contributed by atoms with Gasteiger partial charge in [-0.2, -0.15) is 0 Å². The molecule has 0 saturated heterocycles. The second-order valence-corrected chi connectivity index (χ2v) is 5.69. The molecule has 0 unspecified atom stereocenters. The number of benzene rings is 1. The van der Waals surface area contributed by atoms with Crippen molar-refractivity contribution >= 4 is 17.3 Å². The van der Waals surface area contributed by atoms with Gasteiger partial charge in [-0.25, -0.2) is 0 Å². The van der Waals surface area contributed by atoms with Crippen LogP contribution in [0.2, 0.25) is 0 Å². The molecule has 3 nitrogen and oxygen atoms in total. The first-order chi connectivity index (χ1) is 9.56. The van der Waals surface area contributed by atoms with E-state index in [0.717, 1.165) is 37.2 Å². The summed E-state index contributed by atoms with van der Waals surface area (Å²) in [6.45, 7) is 9.53. The van der Waals surface area contributed by atoms with Crippen LogP contribution in [0.15, 0.2) is 24.3 Å². The minimum Gasteiger partial charge on any atom is -0.385 e. The van der Waals surface area contributed by atoms with E-state index >= 15 is 0 Å². The van der Waals surface area contributed by atoms with Gasteiger partial charge in [-0.05, 0) is 49.4 Å². The molecule has 20 heavy (non-hydrogen) atoms. The van der Waals surface area contributed by atoms with E-state index in [1.54, 1.807) is 0 Å². The smallest absolute Gasteiger partial charge is 0.227 e. The Balaban J connectivity index is 2.48. The van der Waals surface area contributed by atoms with Crippen molar-refractivity contribution in [2.75, 3.05) is 17.2 Å². The van der Waals surface area contributed by atoms with Crippen LogP contribution in [-0.4, -0.2) is 12.5 Å². The van der Waals surface area contributed by atoms with Crippen molar-refractivity contribution in [2.45, 2.75) is 47.0 Å². The average molecular weight is 276 g/mol. The van der Waals surface area contributed by atoms with Crippen LogP contribution >= 0.6 is 0 Å². The number of anilines is 2. The molecule has 1 aromatic carbocycles. The van der Waals surface area contributed by atoms with E-state index in [4.69, 9.17) is 0 Å². The van der Waals surface area contributed by atoms with Crippen molar-refractivity contribution in [3.05, 3.63) is 24.3 Å². The molecule has 3 heteroatoms. The fourth-order valence-electron chi connectivity index (χ4n) is 2.08. The van der Waals surface area contributed by atoms with Gasteiger partial charge in [0.05, 0.1) is 0 Å². The Morgan fingerprint density at radius 1 is 1.05 bits per heavy atom. The highest BCUT2D eigenvalue weighted by Gasteiger charge is 2.13. The van der Waals surface area contributed by atoms with E-state index in [9.17, 15) is 4.79 Å². The van der Waals surface area contributed by atoms with Crippen LogP contribution in [0.3, 0.4) is 0 Å². The average Bonchev–Trinajstić information content (AvgIpc) is 2.42. The highest BCUT2D eigenvalue weighted by atomic mass is 16.1. The number of carbonyl (C=O) groups is 1. The van der Waals surface area contributed by atoms with Crippen LogP contribution in [0.5, 0.6) is 0 Å². The summed E-state index contributed by atoms with van der Waals surface area (Å²) in [7, 11) is 0. The third-order valence-electron chi connectivity index (χ3n) is 3.56. The highest BCUT2D eigenvalue weighted by molar-refractivity contribution is 5.92. The molecule has 0 radical (unpaired) electrons. The van der Waals surface area contributed by atoms with Crippen molar-refractivity contribution in [1.82, 2.24) is 0 Å². The lowest BCUT2D eigenvalue weighted by Gasteiger charge is -2.13. The van der Waals surface area contributed by atoms with Gasteiger partial charge >= 0.3 is 0 Å². The number of hydrogen-bond donors (Lipinski definition) is 2. The van der Waals surface area contributed by atoms with Gasteiger partial charge in [0, 0.05) is 23.8 Å². The lowest BCUT2D eigenvalue weighted by Crippen LogP contribution is -2.21. The van der Waals surface area contributed by atoms with Gasteiger partial charge in [-0.3, -0.25) is 4.79 Å². The van der Waals surface area contributed by atoms with Gasteiger partial charge in [-0.15, -0.1) is 0 Å². The summed E-state index contributed by atoms with van der Waals surface area (Å²) in [5.74, 6) is 0.940. The topological polar surface area (TPSA) is 41.1 Å². The molecular weight excluding hydrogens is 248 g/mol. The molecule has 1 rings (SSSR count). The summed E-state index contributed by atoms with van der Waals surface area (Å²) in [5, 5.41) is 6.37. The number of carbonyl (C=O) groups excluding carboxylic acids is 1. The molecule has 0 aliphatic rings. The fraction of sp³-hybridized carbons (Fsp3) is 0.588. The van der Waals surface area contributed by atoms with E-state index in [-0.39, 0.29) is 11.8 Å². The number of hydrogen-bond acceptors (Lipinski definition) is 2. The van der Waals surface area contributed by atoms with Crippen LogP contribution in [0.25, 0.3) is 0 Å². The number of rotatable bonds is 8. The van der Waals surface area contributed by atoms with Crippen LogP contribution in [-0.2, 0) is 4.79 Å². The van der Waals surface area contributed by atoms with E-state index in [1.807, 2.05) is 24.3 Å². The van der Waals surface area contributed by atoms with Crippen LogP contribution in [0.1, 0.15) is 47.0 Å². The van der Waals surface area contributed by atoms with Crippen molar-refractivity contribution < 1.29 is 4.79 Å².